The number of para-hydroxylation sites is 1. The molecule has 3 rings (SSSR count). The van der Waals surface area contributed by atoms with E-state index in [1.54, 1.807) is 18.2 Å². The molecule has 0 saturated carbocycles. The van der Waals surface area contributed by atoms with E-state index >= 15 is 0 Å². The molecule has 0 amide bonds. The van der Waals surface area contributed by atoms with Crippen LogP contribution in [0.15, 0.2) is 54.6 Å². The summed E-state index contributed by atoms with van der Waals surface area (Å²) in [6.45, 7) is 0. The van der Waals surface area contributed by atoms with Gasteiger partial charge < -0.3 is 10.2 Å². The fraction of sp³-hybridized carbons (Fsp3) is 0.133. The van der Waals surface area contributed by atoms with Crippen molar-refractivity contribution in [2.75, 3.05) is 0 Å². The first-order valence-electron chi connectivity index (χ1n) is 5.86. The van der Waals surface area contributed by atoms with Crippen molar-refractivity contribution in [2.45, 2.75) is 12.2 Å². The maximum absolute atomic E-state index is 9.95. The van der Waals surface area contributed by atoms with Crippen molar-refractivity contribution in [1.29, 1.82) is 0 Å². The van der Waals surface area contributed by atoms with Gasteiger partial charge in [0.25, 0.3) is 0 Å². The lowest BCUT2D eigenvalue weighted by molar-refractivity contribution is 0.0857. The Hall–Kier alpha value is -1.97. The first kappa shape index (κ1) is 11.1. The molecule has 1 aliphatic rings. The molecule has 1 aliphatic carbocycles. The number of aliphatic hydroxyl groups is 2. The zero-order valence-corrected chi connectivity index (χ0v) is 9.69. The second-order valence-electron chi connectivity index (χ2n) is 4.33. The molecule has 0 fully saturated rings. The third kappa shape index (κ3) is 1.83. The van der Waals surface area contributed by atoms with Crippen LogP contribution in [0.3, 0.4) is 0 Å². The Morgan fingerprint density at radius 2 is 1.83 bits per heavy atom. The van der Waals surface area contributed by atoms with E-state index < -0.39 is 12.2 Å². The van der Waals surface area contributed by atoms with E-state index in [1.165, 1.54) is 0 Å². The van der Waals surface area contributed by atoms with Crippen LogP contribution in [0.4, 0.5) is 0 Å². The van der Waals surface area contributed by atoms with Crippen LogP contribution < -0.4 is 0 Å². The number of nitrogens with zero attached hydrogens (tertiary/aromatic N) is 1. The molecule has 2 aromatic rings. The summed E-state index contributed by atoms with van der Waals surface area (Å²) >= 11 is 0. The van der Waals surface area contributed by atoms with Gasteiger partial charge in [0.05, 0.1) is 11.2 Å². The van der Waals surface area contributed by atoms with Gasteiger partial charge in [0.1, 0.15) is 12.2 Å². The fourth-order valence-corrected chi connectivity index (χ4v) is 2.12. The van der Waals surface area contributed by atoms with Gasteiger partial charge in [-0.2, -0.15) is 0 Å². The first-order chi connectivity index (χ1) is 8.75. The number of fused-ring (bicyclic) bond motifs is 1. The Morgan fingerprint density at radius 1 is 1.00 bits per heavy atom. The summed E-state index contributed by atoms with van der Waals surface area (Å²) in [6.07, 6.45) is 3.31. The maximum atomic E-state index is 9.95. The number of hydrogen-bond acceptors (Lipinski definition) is 3. The molecule has 0 bridgehead atoms. The molecule has 2 N–H and O–H groups in total. The number of allylic oxidation sites excluding steroid dienone is 2. The predicted octanol–water partition coefficient (Wildman–Crippen LogP) is 1.91. The Kier molecular flexibility index (Phi) is 2.70. The maximum Gasteiger partial charge on any atom is 0.111 e. The highest BCUT2D eigenvalue weighted by molar-refractivity contribution is 5.82. The summed E-state index contributed by atoms with van der Waals surface area (Å²) in [6, 6.07) is 11.6. The molecule has 0 saturated heterocycles. The summed E-state index contributed by atoms with van der Waals surface area (Å²) in [5.74, 6) is 0. The average Bonchev–Trinajstić information content (AvgIpc) is 2.41. The molecule has 2 atom stereocenters. The van der Waals surface area contributed by atoms with Crippen LogP contribution in [-0.4, -0.2) is 27.4 Å². The van der Waals surface area contributed by atoms with Gasteiger partial charge in [-0.05, 0) is 12.1 Å². The number of benzene rings is 1. The molecule has 0 aliphatic heterocycles. The highest BCUT2D eigenvalue weighted by Gasteiger charge is 2.22. The summed E-state index contributed by atoms with van der Waals surface area (Å²) in [7, 11) is 0. The van der Waals surface area contributed by atoms with Gasteiger partial charge in [-0.1, -0.05) is 42.5 Å². The molecule has 3 nitrogen and oxygen atoms in total. The summed E-state index contributed by atoms with van der Waals surface area (Å²) in [5.41, 5.74) is 2.23. The van der Waals surface area contributed by atoms with Crippen molar-refractivity contribution in [3.05, 3.63) is 60.3 Å². The van der Waals surface area contributed by atoms with E-state index in [-0.39, 0.29) is 0 Å². The number of aliphatic hydroxyl groups excluding tert-OH is 2. The van der Waals surface area contributed by atoms with Crippen molar-refractivity contribution in [3.63, 3.8) is 0 Å². The smallest absolute Gasteiger partial charge is 0.111 e. The first-order valence-corrected chi connectivity index (χ1v) is 5.86. The van der Waals surface area contributed by atoms with Crippen LogP contribution in [0.25, 0.3) is 16.5 Å². The van der Waals surface area contributed by atoms with E-state index in [1.807, 2.05) is 36.4 Å². The van der Waals surface area contributed by atoms with Crippen molar-refractivity contribution in [2.24, 2.45) is 0 Å². The number of hydrogen-bond donors (Lipinski definition) is 2. The lowest BCUT2D eigenvalue weighted by atomic mass is 9.96. The summed E-state index contributed by atoms with van der Waals surface area (Å²) < 4.78 is 0. The Bertz CT molecular complexity index is 646. The van der Waals surface area contributed by atoms with E-state index in [2.05, 4.69) is 4.98 Å². The summed E-state index contributed by atoms with van der Waals surface area (Å²) in [5, 5.41) is 20.6. The average molecular weight is 239 g/mol. The number of pyridine rings is 1. The van der Waals surface area contributed by atoms with Gasteiger partial charge in [-0.25, -0.2) is 4.98 Å². The molecule has 18 heavy (non-hydrogen) atoms. The van der Waals surface area contributed by atoms with Gasteiger partial charge >= 0.3 is 0 Å². The van der Waals surface area contributed by atoms with Gasteiger partial charge in [0, 0.05) is 11.0 Å². The van der Waals surface area contributed by atoms with Crippen LogP contribution in [0.1, 0.15) is 5.69 Å². The van der Waals surface area contributed by atoms with Crippen LogP contribution in [0, 0.1) is 0 Å². The lowest BCUT2D eigenvalue weighted by Gasteiger charge is -2.20. The van der Waals surface area contributed by atoms with Crippen LogP contribution in [0.5, 0.6) is 0 Å². The van der Waals surface area contributed by atoms with E-state index in [0.29, 0.717) is 11.3 Å². The van der Waals surface area contributed by atoms with Gasteiger partial charge in [0.15, 0.2) is 0 Å². The molecule has 1 heterocycles. The number of aromatic nitrogens is 1. The minimum atomic E-state index is -0.913. The summed E-state index contributed by atoms with van der Waals surface area (Å²) in [4.78, 5) is 4.51. The van der Waals surface area contributed by atoms with E-state index in [4.69, 9.17) is 0 Å². The van der Waals surface area contributed by atoms with Gasteiger partial charge in [-0.3, -0.25) is 0 Å². The zero-order valence-electron chi connectivity index (χ0n) is 9.69. The van der Waals surface area contributed by atoms with Crippen molar-refractivity contribution < 1.29 is 10.2 Å². The van der Waals surface area contributed by atoms with Gasteiger partial charge in [0.2, 0.25) is 0 Å². The second-order valence-corrected chi connectivity index (χ2v) is 4.33. The lowest BCUT2D eigenvalue weighted by Crippen LogP contribution is -2.27. The third-order valence-electron chi connectivity index (χ3n) is 3.12. The van der Waals surface area contributed by atoms with Crippen LogP contribution in [0.2, 0.25) is 0 Å². The minimum absolute atomic E-state index is 0.649. The molecule has 2 unspecified atom stereocenters. The standard InChI is InChI=1S/C15H13NO2/c17-14-7-3-5-11(15(14)18)13-9-8-10-4-1-2-6-12(10)16-13/h1-9,14-15,17-18H. The molecule has 1 aromatic heterocycles. The highest BCUT2D eigenvalue weighted by atomic mass is 16.3. The Morgan fingerprint density at radius 3 is 2.72 bits per heavy atom. The largest absolute Gasteiger partial charge is 0.386 e. The van der Waals surface area contributed by atoms with E-state index in [9.17, 15) is 10.2 Å². The monoisotopic (exact) mass is 239 g/mol. The third-order valence-corrected chi connectivity index (χ3v) is 3.12. The minimum Gasteiger partial charge on any atom is -0.386 e. The Balaban J connectivity index is 2.09. The molecule has 3 heteroatoms. The zero-order chi connectivity index (χ0) is 12.5. The second kappa shape index (κ2) is 4.37. The Labute approximate surface area is 105 Å². The van der Waals surface area contributed by atoms with Crippen molar-refractivity contribution in [3.8, 4) is 0 Å². The SMILES string of the molecule is OC1C=CC=C(c2ccc3ccccc3n2)C1O. The molecular formula is C15H13NO2. The predicted molar refractivity (Wildman–Crippen MR) is 70.9 cm³/mol. The van der Waals surface area contributed by atoms with E-state index in [0.717, 1.165) is 10.9 Å². The molecule has 90 valence electrons. The normalized spacial score (nSPS) is 23.1. The number of rotatable bonds is 1. The fourth-order valence-electron chi connectivity index (χ4n) is 2.12. The molecule has 0 spiro atoms. The van der Waals surface area contributed by atoms with Gasteiger partial charge in [-0.15, -0.1) is 0 Å². The van der Waals surface area contributed by atoms with Crippen LogP contribution in [-0.2, 0) is 0 Å². The quantitative estimate of drug-likeness (QED) is 0.799. The van der Waals surface area contributed by atoms with Crippen molar-refractivity contribution in [1.82, 2.24) is 4.98 Å². The molecule has 1 aromatic carbocycles. The highest BCUT2D eigenvalue weighted by Crippen LogP contribution is 2.24. The topological polar surface area (TPSA) is 53.4 Å². The molecule has 0 radical (unpaired) electrons. The molecular weight excluding hydrogens is 226 g/mol. The van der Waals surface area contributed by atoms with Crippen molar-refractivity contribution >= 4 is 16.5 Å². The van der Waals surface area contributed by atoms with Crippen LogP contribution >= 0.6 is 0 Å².